The molecule has 0 saturated carbocycles. The Morgan fingerprint density at radius 2 is 2.07 bits per heavy atom. The van der Waals surface area contributed by atoms with Gasteiger partial charge < -0.3 is 4.90 Å². The molecule has 0 unspecified atom stereocenters. The van der Waals surface area contributed by atoms with Crippen LogP contribution in [-0.2, 0) is 4.79 Å². The molecule has 1 amide bonds. The summed E-state index contributed by atoms with van der Waals surface area (Å²) in [4.78, 5) is 13.4. The Morgan fingerprint density at radius 3 is 2.50 bits per heavy atom. The minimum Gasteiger partial charge on any atom is -0.342 e. The number of carbonyl (C=O) groups excluding carboxylic acids is 1. The van der Waals surface area contributed by atoms with E-state index in [-0.39, 0.29) is 5.91 Å². The minimum atomic E-state index is 0.106. The van der Waals surface area contributed by atoms with Crippen molar-refractivity contribution in [2.45, 2.75) is 32.7 Å². The highest BCUT2D eigenvalue weighted by atomic mass is 16.2. The fourth-order valence-electron chi connectivity index (χ4n) is 1.41. The smallest absolute Gasteiger partial charge is 0.236 e. The summed E-state index contributed by atoms with van der Waals surface area (Å²) in [5.74, 6) is 2.54. The molecule has 0 aromatic rings. The number of carbonyl (C=O) groups is 1. The van der Waals surface area contributed by atoms with Crippen molar-refractivity contribution in [3.63, 3.8) is 0 Å². The summed E-state index contributed by atoms with van der Waals surface area (Å²) in [6.07, 6.45) is 7.05. The maximum Gasteiger partial charge on any atom is 0.236 e. The quantitative estimate of drug-likeness (QED) is 0.505. The molecule has 0 aromatic carbocycles. The van der Waals surface area contributed by atoms with Crippen molar-refractivity contribution < 1.29 is 4.79 Å². The van der Waals surface area contributed by atoms with E-state index in [0.29, 0.717) is 19.1 Å². The molecule has 0 aliphatic carbocycles. The molecule has 0 bridgehead atoms. The molecule has 80 valence electrons. The predicted molar refractivity (Wildman–Crippen MR) is 58.8 cm³/mol. The van der Waals surface area contributed by atoms with Crippen molar-refractivity contribution in [2.75, 3.05) is 20.1 Å². The van der Waals surface area contributed by atoms with Gasteiger partial charge in [-0.2, -0.15) is 0 Å². The first kappa shape index (κ1) is 13.0. The molecular weight excluding hydrogens is 176 g/mol. The van der Waals surface area contributed by atoms with Crippen molar-refractivity contribution in [3.8, 4) is 12.3 Å². The molecule has 0 rings (SSSR count). The van der Waals surface area contributed by atoms with Gasteiger partial charge in [0.25, 0.3) is 0 Å². The van der Waals surface area contributed by atoms with Crippen LogP contribution < -0.4 is 5.32 Å². The Labute approximate surface area is 86.9 Å². The Kier molecular flexibility index (Phi) is 6.87. The molecule has 3 nitrogen and oxygen atoms in total. The van der Waals surface area contributed by atoms with Crippen LogP contribution >= 0.6 is 0 Å². The Balaban J connectivity index is 3.92. The molecule has 0 heterocycles. The summed E-state index contributed by atoms with van der Waals surface area (Å²) in [6, 6.07) is 0.343. The highest BCUT2D eigenvalue weighted by Gasteiger charge is 2.15. The zero-order chi connectivity index (χ0) is 11.0. The summed E-state index contributed by atoms with van der Waals surface area (Å²) < 4.78 is 0. The van der Waals surface area contributed by atoms with Gasteiger partial charge in [-0.15, -0.1) is 6.42 Å². The van der Waals surface area contributed by atoms with Gasteiger partial charge in [0.05, 0.1) is 13.1 Å². The third-order valence-electron chi connectivity index (χ3n) is 2.39. The number of terminal acetylenes is 1. The number of nitrogens with one attached hydrogen (secondary N) is 1. The van der Waals surface area contributed by atoms with Crippen LogP contribution in [0.15, 0.2) is 0 Å². The first-order valence-corrected chi connectivity index (χ1v) is 5.07. The first-order chi connectivity index (χ1) is 6.67. The molecule has 0 radical (unpaired) electrons. The number of hydrogen-bond donors (Lipinski definition) is 1. The van der Waals surface area contributed by atoms with E-state index < -0.39 is 0 Å². The van der Waals surface area contributed by atoms with Gasteiger partial charge in [0.1, 0.15) is 0 Å². The van der Waals surface area contributed by atoms with Crippen molar-refractivity contribution in [1.29, 1.82) is 0 Å². The first-order valence-electron chi connectivity index (χ1n) is 5.07. The van der Waals surface area contributed by atoms with E-state index >= 15 is 0 Å². The standard InChI is InChI=1S/C11H20N2O/c1-5-8-12-9-11(14)13(4)10(6-2)7-3/h1,10,12H,6-9H2,2-4H3. The number of rotatable bonds is 6. The van der Waals surface area contributed by atoms with E-state index in [0.717, 1.165) is 12.8 Å². The molecule has 0 atom stereocenters. The van der Waals surface area contributed by atoms with Gasteiger partial charge in [-0.05, 0) is 12.8 Å². The molecule has 0 aliphatic heterocycles. The van der Waals surface area contributed by atoms with E-state index in [1.54, 1.807) is 4.90 Å². The third-order valence-corrected chi connectivity index (χ3v) is 2.39. The van der Waals surface area contributed by atoms with Crippen molar-refractivity contribution >= 4 is 5.91 Å². The van der Waals surface area contributed by atoms with Crippen molar-refractivity contribution in [2.24, 2.45) is 0 Å². The zero-order valence-electron chi connectivity index (χ0n) is 9.34. The molecule has 0 aliphatic rings. The number of likely N-dealkylation sites (N-methyl/N-ethyl adjacent to an activating group) is 1. The summed E-state index contributed by atoms with van der Waals surface area (Å²) in [7, 11) is 1.84. The second-order valence-electron chi connectivity index (χ2n) is 3.28. The van der Waals surface area contributed by atoms with Crippen LogP contribution in [-0.4, -0.2) is 37.0 Å². The fraction of sp³-hybridized carbons (Fsp3) is 0.727. The average Bonchev–Trinajstić information content (AvgIpc) is 2.19. The topological polar surface area (TPSA) is 32.3 Å². The van der Waals surface area contributed by atoms with Crippen LogP contribution in [0.4, 0.5) is 0 Å². The molecule has 1 N–H and O–H groups in total. The monoisotopic (exact) mass is 196 g/mol. The minimum absolute atomic E-state index is 0.106. The highest BCUT2D eigenvalue weighted by molar-refractivity contribution is 5.78. The van der Waals surface area contributed by atoms with E-state index in [1.807, 2.05) is 7.05 Å². The van der Waals surface area contributed by atoms with E-state index in [1.165, 1.54) is 0 Å². The molecule has 0 spiro atoms. The van der Waals surface area contributed by atoms with Gasteiger partial charge in [-0.1, -0.05) is 19.8 Å². The van der Waals surface area contributed by atoms with Crippen molar-refractivity contribution in [1.82, 2.24) is 10.2 Å². The van der Waals surface area contributed by atoms with Crippen LogP contribution in [0.2, 0.25) is 0 Å². The van der Waals surface area contributed by atoms with Gasteiger partial charge >= 0.3 is 0 Å². The van der Waals surface area contributed by atoms with Gasteiger partial charge in [-0.25, -0.2) is 0 Å². The normalized spacial score (nSPS) is 9.93. The lowest BCUT2D eigenvalue weighted by Gasteiger charge is -2.26. The summed E-state index contributed by atoms with van der Waals surface area (Å²) in [5.41, 5.74) is 0. The summed E-state index contributed by atoms with van der Waals surface area (Å²) >= 11 is 0. The molecule has 0 saturated heterocycles. The maximum atomic E-state index is 11.6. The lowest BCUT2D eigenvalue weighted by Crippen LogP contribution is -2.41. The number of nitrogens with zero attached hydrogens (tertiary/aromatic N) is 1. The zero-order valence-corrected chi connectivity index (χ0v) is 9.34. The van der Waals surface area contributed by atoms with Crippen LogP contribution in [0, 0.1) is 12.3 Å². The third kappa shape index (κ3) is 4.29. The van der Waals surface area contributed by atoms with Gasteiger partial charge in [0.15, 0.2) is 0 Å². The maximum absolute atomic E-state index is 11.6. The van der Waals surface area contributed by atoms with E-state index in [2.05, 4.69) is 25.1 Å². The molecule has 0 fully saturated rings. The Hall–Kier alpha value is -1.01. The largest absolute Gasteiger partial charge is 0.342 e. The molecular formula is C11H20N2O. The summed E-state index contributed by atoms with van der Waals surface area (Å²) in [6.45, 7) is 4.96. The lowest BCUT2D eigenvalue weighted by atomic mass is 10.1. The highest BCUT2D eigenvalue weighted by Crippen LogP contribution is 2.05. The molecule has 14 heavy (non-hydrogen) atoms. The van der Waals surface area contributed by atoms with E-state index in [9.17, 15) is 4.79 Å². The number of amides is 1. The van der Waals surface area contributed by atoms with Crippen molar-refractivity contribution in [3.05, 3.63) is 0 Å². The predicted octanol–water partition coefficient (Wildman–Crippen LogP) is 0.856. The van der Waals surface area contributed by atoms with Gasteiger partial charge in [0.2, 0.25) is 5.91 Å². The van der Waals surface area contributed by atoms with Crippen LogP contribution in [0.25, 0.3) is 0 Å². The lowest BCUT2D eigenvalue weighted by molar-refractivity contribution is -0.131. The van der Waals surface area contributed by atoms with Gasteiger partial charge in [0, 0.05) is 13.1 Å². The Morgan fingerprint density at radius 1 is 1.50 bits per heavy atom. The summed E-state index contributed by atoms with van der Waals surface area (Å²) in [5, 5.41) is 2.89. The number of hydrogen-bond acceptors (Lipinski definition) is 2. The second kappa shape index (κ2) is 7.40. The van der Waals surface area contributed by atoms with Crippen LogP contribution in [0.3, 0.4) is 0 Å². The van der Waals surface area contributed by atoms with Crippen LogP contribution in [0.1, 0.15) is 26.7 Å². The van der Waals surface area contributed by atoms with E-state index in [4.69, 9.17) is 6.42 Å². The van der Waals surface area contributed by atoms with Crippen LogP contribution in [0.5, 0.6) is 0 Å². The fourth-order valence-corrected chi connectivity index (χ4v) is 1.41. The Bertz CT molecular complexity index is 204. The SMILES string of the molecule is C#CCNCC(=O)N(C)C(CC)CC. The molecule has 3 heteroatoms. The molecule has 0 aromatic heterocycles. The second-order valence-corrected chi connectivity index (χ2v) is 3.28. The average molecular weight is 196 g/mol. The van der Waals surface area contributed by atoms with Gasteiger partial charge in [-0.3, -0.25) is 10.1 Å².